The van der Waals surface area contributed by atoms with E-state index in [0.29, 0.717) is 16.0 Å². The molecule has 1 fully saturated rings. The Bertz CT molecular complexity index is 773. The molecule has 0 unspecified atom stereocenters. The number of nitrogens with one attached hydrogen (secondary N) is 2. The van der Waals surface area contributed by atoms with Gasteiger partial charge in [0.25, 0.3) is 0 Å². The maximum absolute atomic E-state index is 6.21. The Morgan fingerprint density at radius 1 is 1.20 bits per heavy atom. The third-order valence-corrected chi connectivity index (χ3v) is 5.73. The Kier molecular flexibility index (Phi) is 5.82. The van der Waals surface area contributed by atoms with E-state index in [4.69, 9.17) is 35.4 Å². The van der Waals surface area contributed by atoms with Crippen molar-refractivity contribution in [1.82, 2.24) is 10.3 Å². The molecular weight excluding hydrogens is 373 g/mol. The Morgan fingerprint density at radius 2 is 1.96 bits per heavy atom. The molecule has 1 aliphatic carbocycles. The average Bonchev–Trinajstić information content (AvgIpc) is 3.07. The van der Waals surface area contributed by atoms with Crippen molar-refractivity contribution in [2.75, 3.05) is 11.9 Å². The first-order valence-electron chi connectivity index (χ1n) is 8.43. The van der Waals surface area contributed by atoms with Crippen molar-refractivity contribution < 1.29 is 0 Å². The standard InChI is InChI=1S/C19H21Cl2N3S/c1-13-16(21)7-8-17(23-13)24-18(25)22-12-19(9-2-3-10-19)14-5-4-6-15(20)11-14/h4-8,11H,2-3,9-10,12H2,1H3,(H2,22,23,24,25). The van der Waals surface area contributed by atoms with Crippen LogP contribution < -0.4 is 10.6 Å². The lowest BCUT2D eigenvalue weighted by Crippen LogP contribution is -2.40. The molecule has 25 heavy (non-hydrogen) atoms. The van der Waals surface area contributed by atoms with Gasteiger partial charge in [-0.25, -0.2) is 4.98 Å². The smallest absolute Gasteiger partial charge is 0.171 e. The predicted molar refractivity (Wildman–Crippen MR) is 110 cm³/mol. The van der Waals surface area contributed by atoms with Gasteiger partial charge in [-0.1, -0.05) is 48.2 Å². The van der Waals surface area contributed by atoms with Crippen LogP contribution in [0.15, 0.2) is 36.4 Å². The van der Waals surface area contributed by atoms with Crippen LogP contribution in [0, 0.1) is 6.92 Å². The van der Waals surface area contributed by atoms with E-state index >= 15 is 0 Å². The van der Waals surface area contributed by atoms with Crippen molar-refractivity contribution in [3.05, 3.63) is 57.7 Å². The van der Waals surface area contributed by atoms with Gasteiger partial charge in [-0.15, -0.1) is 0 Å². The van der Waals surface area contributed by atoms with Gasteiger partial charge >= 0.3 is 0 Å². The summed E-state index contributed by atoms with van der Waals surface area (Å²) in [5.74, 6) is 0.697. The Hall–Kier alpha value is -1.36. The molecular formula is C19H21Cl2N3S. The molecule has 0 aliphatic heterocycles. The third-order valence-electron chi connectivity index (χ3n) is 4.85. The first kappa shape index (κ1) is 18.4. The molecule has 0 amide bonds. The first-order chi connectivity index (χ1) is 12.0. The van der Waals surface area contributed by atoms with Gasteiger partial charge in [0, 0.05) is 17.0 Å². The third kappa shape index (κ3) is 4.43. The zero-order chi connectivity index (χ0) is 17.9. The van der Waals surface area contributed by atoms with Gasteiger partial charge in [-0.2, -0.15) is 0 Å². The summed E-state index contributed by atoms with van der Waals surface area (Å²) >= 11 is 17.7. The van der Waals surface area contributed by atoms with Crippen LogP contribution in [0.1, 0.15) is 36.9 Å². The molecule has 0 saturated heterocycles. The Morgan fingerprint density at radius 3 is 2.64 bits per heavy atom. The molecule has 3 rings (SSSR count). The van der Waals surface area contributed by atoms with Crippen LogP contribution in [-0.2, 0) is 5.41 Å². The molecule has 2 aromatic rings. The predicted octanol–water partition coefficient (Wildman–Crippen LogP) is 5.50. The van der Waals surface area contributed by atoms with Crippen molar-refractivity contribution in [3.63, 3.8) is 0 Å². The highest BCUT2D eigenvalue weighted by Crippen LogP contribution is 2.41. The fourth-order valence-electron chi connectivity index (χ4n) is 3.46. The summed E-state index contributed by atoms with van der Waals surface area (Å²) in [6, 6.07) is 11.8. The SMILES string of the molecule is Cc1nc(NC(=S)NCC2(c3cccc(Cl)c3)CCCC2)ccc1Cl. The number of aryl methyl sites for hydroxylation is 1. The topological polar surface area (TPSA) is 37.0 Å². The van der Waals surface area contributed by atoms with E-state index in [2.05, 4.69) is 27.8 Å². The minimum atomic E-state index is 0.0833. The lowest BCUT2D eigenvalue weighted by molar-refractivity contribution is 0.435. The van der Waals surface area contributed by atoms with E-state index < -0.39 is 0 Å². The van der Waals surface area contributed by atoms with Crippen LogP contribution in [-0.4, -0.2) is 16.6 Å². The van der Waals surface area contributed by atoms with Gasteiger partial charge in [0.1, 0.15) is 5.82 Å². The van der Waals surface area contributed by atoms with Gasteiger partial charge in [-0.3, -0.25) is 0 Å². The van der Waals surface area contributed by atoms with Crippen molar-refractivity contribution in [3.8, 4) is 0 Å². The normalized spacial score (nSPS) is 15.8. The highest BCUT2D eigenvalue weighted by Gasteiger charge is 2.35. The summed E-state index contributed by atoms with van der Waals surface area (Å²) in [5.41, 5.74) is 2.15. The molecule has 1 saturated carbocycles. The van der Waals surface area contributed by atoms with E-state index in [1.54, 1.807) is 0 Å². The zero-order valence-electron chi connectivity index (χ0n) is 14.1. The number of rotatable bonds is 4. The van der Waals surface area contributed by atoms with Gasteiger partial charge in [-0.05, 0) is 61.8 Å². The van der Waals surface area contributed by atoms with Gasteiger partial charge < -0.3 is 10.6 Å². The fraction of sp³-hybridized carbons (Fsp3) is 0.368. The van der Waals surface area contributed by atoms with Gasteiger partial charge in [0.2, 0.25) is 0 Å². The largest absolute Gasteiger partial charge is 0.362 e. The summed E-state index contributed by atoms with van der Waals surface area (Å²) in [6.07, 6.45) is 4.74. The van der Waals surface area contributed by atoms with Crippen LogP contribution in [0.5, 0.6) is 0 Å². The number of hydrogen-bond donors (Lipinski definition) is 2. The molecule has 1 aliphatic rings. The van der Waals surface area contributed by atoms with Crippen LogP contribution >= 0.6 is 35.4 Å². The molecule has 1 aromatic heterocycles. The van der Waals surface area contributed by atoms with Crippen molar-refractivity contribution >= 4 is 46.4 Å². The molecule has 0 atom stereocenters. The Labute approximate surface area is 164 Å². The van der Waals surface area contributed by atoms with Crippen LogP contribution in [0.4, 0.5) is 5.82 Å². The highest BCUT2D eigenvalue weighted by atomic mass is 35.5. The number of aromatic nitrogens is 1. The number of hydrogen-bond acceptors (Lipinski definition) is 2. The monoisotopic (exact) mass is 393 g/mol. The zero-order valence-corrected chi connectivity index (χ0v) is 16.4. The van der Waals surface area contributed by atoms with E-state index in [1.165, 1.54) is 18.4 Å². The van der Waals surface area contributed by atoms with Crippen LogP contribution in [0.2, 0.25) is 10.0 Å². The second-order valence-corrected chi connectivity index (χ2v) is 7.82. The number of thiocarbonyl (C=S) groups is 1. The van der Waals surface area contributed by atoms with Gasteiger partial charge in [0.05, 0.1) is 10.7 Å². The number of pyridine rings is 1. The van der Waals surface area contributed by atoms with Gasteiger partial charge in [0.15, 0.2) is 5.11 Å². The minimum Gasteiger partial charge on any atom is -0.362 e. The summed E-state index contributed by atoms with van der Waals surface area (Å²) in [6.45, 7) is 2.66. The van der Waals surface area contributed by atoms with Crippen molar-refractivity contribution in [2.45, 2.75) is 38.0 Å². The van der Waals surface area contributed by atoms with E-state index in [-0.39, 0.29) is 5.41 Å². The van der Waals surface area contributed by atoms with Crippen LogP contribution in [0.3, 0.4) is 0 Å². The molecule has 2 N–H and O–H groups in total. The number of halogens is 2. The lowest BCUT2D eigenvalue weighted by atomic mass is 9.79. The summed E-state index contributed by atoms with van der Waals surface area (Å²) < 4.78 is 0. The maximum atomic E-state index is 6.21. The lowest BCUT2D eigenvalue weighted by Gasteiger charge is -2.30. The first-order valence-corrected chi connectivity index (χ1v) is 9.59. The summed E-state index contributed by atoms with van der Waals surface area (Å²) in [4.78, 5) is 4.39. The molecule has 3 nitrogen and oxygen atoms in total. The second-order valence-electron chi connectivity index (χ2n) is 6.57. The highest BCUT2D eigenvalue weighted by molar-refractivity contribution is 7.80. The average molecular weight is 394 g/mol. The van der Waals surface area contributed by atoms with Crippen LogP contribution in [0.25, 0.3) is 0 Å². The van der Waals surface area contributed by atoms with E-state index in [9.17, 15) is 0 Å². The van der Waals surface area contributed by atoms with E-state index in [1.807, 2.05) is 31.2 Å². The van der Waals surface area contributed by atoms with Crippen molar-refractivity contribution in [1.29, 1.82) is 0 Å². The maximum Gasteiger partial charge on any atom is 0.171 e. The second kappa shape index (κ2) is 7.90. The minimum absolute atomic E-state index is 0.0833. The summed E-state index contributed by atoms with van der Waals surface area (Å²) in [5, 5.41) is 8.51. The Balaban J connectivity index is 1.67. The number of benzene rings is 1. The van der Waals surface area contributed by atoms with E-state index in [0.717, 1.165) is 30.1 Å². The molecule has 0 radical (unpaired) electrons. The number of anilines is 1. The fourth-order valence-corrected chi connectivity index (χ4v) is 3.93. The van der Waals surface area contributed by atoms with Crippen molar-refractivity contribution in [2.24, 2.45) is 0 Å². The number of nitrogens with zero attached hydrogens (tertiary/aromatic N) is 1. The molecule has 1 aromatic carbocycles. The quantitative estimate of drug-likeness (QED) is 0.672. The summed E-state index contributed by atoms with van der Waals surface area (Å²) in [7, 11) is 0. The molecule has 1 heterocycles. The molecule has 0 spiro atoms. The molecule has 6 heteroatoms. The molecule has 132 valence electrons. The molecule has 0 bridgehead atoms.